The Hall–Kier alpha value is -4.17. The normalized spacial score (nSPS) is 12.3. The maximum absolute atomic E-state index is 13.8. The van der Waals surface area contributed by atoms with Crippen LogP contribution in [0.2, 0.25) is 0 Å². The number of alkyl halides is 8. The van der Waals surface area contributed by atoms with E-state index in [1.807, 2.05) is 0 Å². The van der Waals surface area contributed by atoms with Gasteiger partial charge in [-0.1, -0.05) is 6.07 Å². The van der Waals surface area contributed by atoms with E-state index >= 15 is 0 Å². The summed E-state index contributed by atoms with van der Waals surface area (Å²) in [7, 11) is 0. The summed E-state index contributed by atoms with van der Waals surface area (Å²) < 4.78 is 108. The van der Waals surface area contributed by atoms with Crippen molar-refractivity contribution in [2.75, 3.05) is 5.32 Å². The largest absolute Gasteiger partial charge is 0.433 e. The van der Waals surface area contributed by atoms with Gasteiger partial charge in [-0.25, -0.2) is 13.8 Å². The molecule has 37 heavy (non-hydrogen) atoms. The fourth-order valence-corrected chi connectivity index (χ4v) is 3.50. The second-order valence-electron chi connectivity index (χ2n) is 7.73. The number of pyridine rings is 2. The lowest BCUT2D eigenvalue weighted by Gasteiger charge is -2.14. The van der Waals surface area contributed by atoms with Crippen LogP contribution in [0.3, 0.4) is 0 Å². The molecule has 0 aliphatic heterocycles. The fourth-order valence-electron chi connectivity index (χ4n) is 3.50. The minimum Gasteiger partial charge on any atom is -0.324 e. The highest BCUT2D eigenvalue weighted by Crippen LogP contribution is 2.32. The van der Waals surface area contributed by atoms with Crippen LogP contribution in [0.5, 0.6) is 0 Å². The van der Waals surface area contributed by atoms with Crippen molar-refractivity contribution in [3.63, 3.8) is 0 Å². The highest BCUT2D eigenvalue weighted by atomic mass is 19.4. The van der Waals surface area contributed by atoms with Crippen molar-refractivity contribution in [3.05, 3.63) is 70.9 Å². The van der Waals surface area contributed by atoms with E-state index in [1.165, 1.54) is 19.9 Å². The van der Waals surface area contributed by atoms with E-state index < -0.39 is 53.6 Å². The highest BCUT2D eigenvalue weighted by molar-refractivity contribution is 5.58. The van der Waals surface area contributed by atoms with Crippen molar-refractivity contribution < 1.29 is 35.1 Å². The van der Waals surface area contributed by atoms with E-state index in [0.717, 1.165) is 35.0 Å². The standard InChI is InChI=1S/C22H15F8N7/c1-10-8-11(2)37(16(10)17(23)24)20-35-18(13-4-3-5-14(33-13)21(25,26)27)34-19(36-20)32-12-6-7-31-15(9-12)22(28,29)30/h3-9,17H,1-2H3,(H,31,32,34,35,36). The highest BCUT2D eigenvalue weighted by Gasteiger charge is 2.34. The number of hydrogen-bond acceptors (Lipinski definition) is 6. The van der Waals surface area contributed by atoms with Gasteiger partial charge in [0.2, 0.25) is 11.9 Å². The van der Waals surface area contributed by atoms with E-state index in [0.29, 0.717) is 6.07 Å². The molecular weight excluding hydrogens is 514 g/mol. The molecule has 0 unspecified atom stereocenters. The smallest absolute Gasteiger partial charge is 0.324 e. The molecule has 0 bridgehead atoms. The van der Waals surface area contributed by atoms with Gasteiger partial charge in [-0.2, -0.15) is 41.3 Å². The van der Waals surface area contributed by atoms with Crippen LogP contribution < -0.4 is 5.32 Å². The van der Waals surface area contributed by atoms with Crippen LogP contribution in [0.4, 0.5) is 46.8 Å². The van der Waals surface area contributed by atoms with Gasteiger partial charge in [0.15, 0.2) is 5.82 Å². The predicted molar refractivity (Wildman–Crippen MR) is 114 cm³/mol. The molecular formula is C22H15F8N7. The summed E-state index contributed by atoms with van der Waals surface area (Å²) in [5.74, 6) is -1.27. The van der Waals surface area contributed by atoms with Gasteiger partial charge in [-0.3, -0.25) is 9.55 Å². The van der Waals surface area contributed by atoms with Crippen molar-refractivity contribution in [2.45, 2.75) is 32.6 Å². The van der Waals surface area contributed by atoms with Crippen LogP contribution in [0, 0.1) is 13.8 Å². The summed E-state index contributed by atoms with van der Waals surface area (Å²) in [5, 5.41) is 2.50. The molecule has 0 radical (unpaired) electrons. The van der Waals surface area contributed by atoms with Gasteiger partial charge in [0.05, 0.1) is 5.69 Å². The maximum atomic E-state index is 13.8. The SMILES string of the molecule is Cc1cc(C)n(-c2nc(Nc3ccnc(C(F)(F)F)c3)nc(-c3cccc(C(F)(F)F)n3)n2)c1C(F)F. The van der Waals surface area contributed by atoms with E-state index in [2.05, 4.69) is 30.2 Å². The van der Waals surface area contributed by atoms with Gasteiger partial charge in [0, 0.05) is 17.6 Å². The van der Waals surface area contributed by atoms with Gasteiger partial charge in [0.25, 0.3) is 6.43 Å². The fraction of sp³-hybridized carbons (Fsp3) is 0.227. The number of aromatic nitrogens is 6. The summed E-state index contributed by atoms with van der Waals surface area (Å²) in [4.78, 5) is 18.8. The van der Waals surface area contributed by atoms with Crippen LogP contribution in [0.15, 0.2) is 42.6 Å². The molecule has 0 aromatic carbocycles. The first-order valence-electron chi connectivity index (χ1n) is 10.3. The van der Waals surface area contributed by atoms with E-state index in [4.69, 9.17) is 0 Å². The third kappa shape index (κ3) is 5.49. The van der Waals surface area contributed by atoms with E-state index in [-0.39, 0.29) is 22.6 Å². The molecule has 4 rings (SSSR count). The third-order valence-corrected chi connectivity index (χ3v) is 5.03. The molecule has 0 amide bonds. The molecule has 0 aliphatic rings. The summed E-state index contributed by atoms with van der Waals surface area (Å²) in [6.45, 7) is 2.91. The van der Waals surface area contributed by atoms with Gasteiger partial charge >= 0.3 is 12.4 Å². The third-order valence-electron chi connectivity index (χ3n) is 5.03. The molecule has 4 aromatic rings. The van der Waals surface area contributed by atoms with Crippen LogP contribution in [-0.4, -0.2) is 29.5 Å². The predicted octanol–water partition coefficient (Wildman–Crippen LogP) is 6.45. The topological polar surface area (TPSA) is 81.4 Å². The molecule has 0 spiro atoms. The molecule has 4 aromatic heterocycles. The quantitative estimate of drug-likeness (QED) is 0.299. The second kappa shape index (κ2) is 9.37. The Balaban J connectivity index is 1.90. The Kier molecular flexibility index (Phi) is 6.56. The number of nitrogens with zero attached hydrogens (tertiary/aromatic N) is 6. The Morgan fingerprint density at radius 1 is 0.838 bits per heavy atom. The van der Waals surface area contributed by atoms with Gasteiger partial charge < -0.3 is 5.32 Å². The molecule has 0 fully saturated rings. The summed E-state index contributed by atoms with van der Waals surface area (Å²) in [6.07, 6.45) is -11.7. The number of anilines is 2. The van der Waals surface area contributed by atoms with Crippen molar-refractivity contribution >= 4 is 11.6 Å². The van der Waals surface area contributed by atoms with Crippen LogP contribution in [-0.2, 0) is 12.4 Å². The molecule has 4 heterocycles. The Morgan fingerprint density at radius 2 is 1.54 bits per heavy atom. The van der Waals surface area contributed by atoms with Gasteiger partial charge in [-0.15, -0.1) is 0 Å². The second-order valence-corrected chi connectivity index (χ2v) is 7.73. The first-order valence-corrected chi connectivity index (χ1v) is 10.3. The number of aryl methyl sites for hydroxylation is 2. The van der Waals surface area contributed by atoms with Gasteiger partial charge in [-0.05, 0) is 49.7 Å². The zero-order valence-electron chi connectivity index (χ0n) is 18.8. The van der Waals surface area contributed by atoms with Crippen LogP contribution in [0.1, 0.15) is 34.8 Å². The Morgan fingerprint density at radius 3 is 2.19 bits per heavy atom. The number of hydrogen-bond donors (Lipinski definition) is 1. The van der Waals surface area contributed by atoms with E-state index in [1.54, 1.807) is 0 Å². The molecule has 0 aliphatic carbocycles. The van der Waals surface area contributed by atoms with Crippen molar-refractivity contribution in [3.8, 4) is 17.5 Å². The number of nitrogens with one attached hydrogen (secondary N) is 1. The zero-order valence-corrected chi connectivity index (χ0v) is 18.8. The maximum Gasteiger partial charge on any atom is 0.433 e. The Labute approximate surface area is 203 Å². The van der Waals surface area contributed by atoms with Crippen LogP contribution in [0.25, 0.3) is 17.5 Å². The summed E-state index contributed by atoms with van der Waals surface area (Å²) >= 11 is 0. The summed E-state index contributed by atoms with van der Waals surface area (Å²) in [5.41, 5.74) is -3.03. The lowest BCUT2D eigenvalue weighted by Crippen LogP contribution is -2.13. The summed E-state index contributed by atoms with van der Waals surface area (Å²) in [6, 6.07) is 6.18. The lowest BCUT2D eigenvalue weighted by molar-refractivity contribution is -0.141. The average molecular weight is 529 g/mol. The molecule has 194 valence electrons. The first kappa shape index (κ1) is 25.9. The van der Waals surface area contributed by atoms with Gasteiger partial charge in [0.1, 0.15) is 17.1 Å². The zero-order chi connectivity index (χ0) is 27.1. The molecule has 0 saturated carbocycles. The molecule has 1 N–H and O–H groups in total. The van der Waals surface area contributed by atoms with Crippen molar-refractivity contribution in [2.24, 2.45) is 0 Å². The van der Waals surface area contributed by atoms with Crippen LogP contribution >= 0.6 is 0 Å². The average Bonchev–Trinajstić information content (AvgIpc) is 3.12. The number of halogens is 8. The van der Waals surface area contributed by atoms with Crippen molar-refractivity contribution in [1.82, 2.24) is 29.5 Å². The van der Waals surface area contributed by atoms with Crippen molar-refractivity contribution in [1.29, 1.82) is 0 Å². The molecule has 0 saturated heterocycles. The lowest BCUT2D eigenvalue weighted by atomic mass is 10.2. The van der Waals surface area contributed by atoms with E-state index in [9.17, 15) is 35.1 Å². The molecule has 15 heteroatoms. The first-order chi connectivity index (χ1) is 17.2. The minimum atomic E-state index is -4.80. The monoisotopic (exact) mass is 529 g/mol. The molecule has 7 nitrogen and oxygen atoms in total. The molecule has 0 atom stereocenters. The Bertz CT molecular complexity index is 1440. The number of rotatable bonds is 5. The minimum absolute atomic E-state index is 0.170.